The second-order valence-corrected chi connectivity index (χ2v) is 4.99. The topological polar surface area (TPSA) is 47.0 Å². The van der Waals surface area contributed by atoms with E-state index >= 15 is 0 Å². The predicted molar refractivity (Wildman–Crippen MR) is 66.9 cm³/mol. The second kappa shape index (κ2) is 5.29. The van der Waals surface area contributed by atoms with Crippen LogP contribution >= 0.6 is 27.5 Å². The Morgan fingerprint density at radius 1 is 1.50 bits per heavy atom. The summed E-state index contributed by atoms with van der Waals surface area (Å²) in [7, 11) is 0. The van der Waals surface area contributed by atoms with E-state index in [0.29, 0.717) is 5.88 Å². The van der Waals surface area contributed by atoms with E-state index in [1.807, 2.05) is 0 Å². The molecule has 4 nitrogen and oxygen atoms in total. The molecule has 0 aliphatic carbocycles. The number of ether oxygens (including phenoxy) is 1. The summed E-state index contributed by atoms with van der Waals surface area (Å²) in [5.41, 5.74) is -0.114. The molecule has 1 aliphatic rings. The van der Waals surface area contributed by atoms with Gasteiger partial charge < -0.3 is 10.1 Å². The van der Waals surface area contributed by atoms with E-state index in [0.717, 1.165) is 36.3 Å². The number of rotatable bonds is 3. The van der Waals surface area contributed by atoms with Gasteiger partial charge in [0.05, 0.1) is 10.0 Å². The summed E-state index contributed by atoms with van der Waals surface area (Å²) in [5, 5.41) is 3.40. The summed E-state index contributed by atoms with van der Waals surface area (Å²) in [6.45, 7) is 1.48. The highest BCUT2D eigenvalue weighted by molar-refractivity contribution is 9.10. The minimum atomic E-state index is -0.114. The zero-order chi connectivity index (χ0) is 11.4. The maximum atomic E-state index is 6.06. The number of hydrogen-bond donors (Lipinski definition) is 1. The summed E-state index contributed by atoms with van der Waals surface area (Å²) in [6, 6.07) is 0. The molecule has 2 rings (SSSR count). The van der Waals surface area contributed by atoms with Crippen molar-refractivity contribution in [1.29, 1.82) is 0 Å². The largest absolute Gasteiger partial charge is 0.381 e. The van der Waals surface area contributed by atoms with Crippen LogP contribution in [-0.4, -0.2) is 34.6 Å². The molecule has 2 heterocycles. The van der Waals surface area contributed by atoms with E-state index in [2.05, 4.69) is 31.2 Å². The minimum Gasteiger partial charge on any atom is -0.381 e. The SMILES string of the molecule is ClCC1(Nc2ncncc2Br)CCOCC1. The summed E-state index contributed by atoms with van der Waals surface area (Å²) in [5.74, 6) is 1.34. The first-order valence-corrected chi connectivity index (χ1v) is 6.46. The Labute approximate surface area is 108 Å². The van der Waals surface area contributed by atoms with Crippen molar-refractivity contribution in [3.63, 3.8) is 0 Å². The molecule has 1 N–H and O–H groups in total. The number of nitrogens with zero attached hydrogens (tertiary/aromatic N) is 2. The molecule has 0 radical (unpaired) electrons. The fourth-order valence-electron chi connectivity index (χ4n) is 1.71. The van der Waals surface area contributed by atoms with E-state index in [4.69, 9.17) is 16.3 Å². The van der Waals surface area contributed by atoms with Crippen molar-refractivity contribution in [3.05, 3.63) is 17.0 Å². The van der Waals surface area contributed by atoms with Gasteiger partial charge in [0.25, 0.3) is 0 Å². The summed E-state index contributed by atoms with van der Waals surface area (Å²) >= 11 is 9.48. The molecule has 0 unspecified atom stereocenters. The fraction of sp³-hybridized carbons (Fsp3) is 0.600. The molecule has 1 aromatic rings. The zero-order valence-electron chi connectivity index (χ0n) is 8.75. The van der Waals surface area contributed by atoms with Crippen LogP contribution in [0, 0.1) is 0 Å². The maximum absolute atomic E-state index is 6.06. The van der Waals surface area contributed by atoms with Crippen molar-refractivity contribution in [1.82, 2.24) is 9.97 Å². The van der Waals surface area contributed by atoms with Gasteiger partial charge in [0.15, 0.2) is 0 Å². The van der Waals surface area contributed by atoms with Crippen LogP contribution < -0.4 is 5.32 Å². The highest BCUT2D eigenvalue weighted by Gasteiger charge is 2.32. The van der Waals surface area contributed by atoms with Crippen LogP contribution in [0.15, 0.2) is 17.0 Å². The Balaban J connectivity index is 2.15. The van der Waals surface area contributed by atoms with Gasteiger partial charge in [-0.25, -0.2) is 9.97 Å². The molecule has 1 saturated heterocycles. The monoisotopic (exact) mass is 305 g/mol. The van der Waals surface area contributed by atoms with E-state index in [9.17, 15) is 0 Å². The number of nitrogens with one attached hydrogen (secondary N) is 1. The molecule has 0 atom stereocenters. The van der Waals surface area contributed by atoms with Crippen LogP contribution in [0.3, 0.4) is 0 Å². The summed E-state index contributed by atoms with van der Waals surface area (Å²) < 4.78 is 6.20. The summed E-state index contributed by atoms with van der Waals surface area (Å²) in [4.78, 5) is 8.13. The van der Waals surface area contributed by atoms with Gasteiger partial charge in [0, 0.05) is 25.3 Å². The van der Waals surface area contributed by atoms with Crippen molar-refractivity contribution < 1.29 is 4.74 Å². The smallest absolute Gasteiger partial charge is 0.144 e. The normalized spacial score (nSPS) is 19.4. The molecular weight excluding hydrogens is 293 g/mol. The van der Waals surface area contributed by atoms with E-state index in [-0.39, 0.29) is 5.54 Å². The van der Waals surface area contributed by atoms with Gasteiger partial charge in [-0.1, -0.05) is 0 Å². The number of aromatic nitrogens is 2. The third-order valence-corrected chi connectivity index (χ3v) is 3.85. The molecule has 6 heteroatoms. The Kier molecular flexibility index (Phi) is 4.00. The van der Waals surface area contributed by atoms with Gasteiger partial charge in [0.1, 0.15) is 12.1 Å². The molecule has 0 spiro atoms. The highest BCUT2D eigenvalue weighted by Crippen LogP contribution is 2.29. The van der Waals surface area contributed by atoms with Crippen LogP contribution in [0.4, 0.5) is 5.82 Å². The Morgan fingerprint density at radius 2 is 2.25 bits per heavy atom. The minimum absolute atomic E-state index is 0.114. The lowest BCUT2D eigenvalue weighted by Gasteiger charge is -2.36. The van der Waals surface area contributed by atoms with Crippen molar-refractivity contribution in [2.45, 2.75) is 18.4 Å². The number of alkyl halides is 1. The van der Waals surface area contributed by atoms with Crippen LogP contribution in [0.5, 0.6) is 0 Å². The average Bonchev–Trinajstić information content (AvgIpc) is 2.33. The maximum Gasteiger partial charge on any atom is 0.144 e. The number of anilines is 1. The third kappa shape index (κ3) is 2.64. The van der Waals surface area contributed by atoms with E-state index < -0.39 is 0 Å². The quantitative estimate of drug-likeness (QED) is 0.871. The van der Waals surface area contributed by atoms with Gasteiger partial charge >= 0.3 is 0 Å². The molecule has 0 saturated carbocycles. The van der Waals surface area contributed by atoms with Crippen LogP contribution in [0.1, 0.15) is 12.8 Å². The van der Waals surface area contributed by atoms with Gasteiger partial charge in [0.2, 0.25) is 0 Å². The number of hydrogen-bond acceptors (Lipinski definition) is 4. The first-order valence-electron chi connectivity index (χ1n) is 5.13. The molecule has 0 amide bonds. The lowest BCUT2D eigenvalue weighted by Crippen LogP contribution is -2.45. The third-order valence-electron chi connectivity index (χ3n) is 2.76. The van der Waals surface area contributed by atoms with Crippen molar-refractivity contribution in [2.75, 3.05) is 24.4 Å². The molecule has 16 heavy (non-hydrogen) atoms. The standard InChI is InChI=1S/C10H13BrClN3O/c11-8-5-13-7-14-9(8)15-10(6-12)1-3-16-4-2-10/h5,7H,1-4,6H2,(H,13,14,15). The fourth-order valence-corrected chi connectivity index (χ4v) is 2.36. The Hall–Kier alpha value is -0.390. The first-order chi connectivity index (χ1) is 7.76. The molecule has 0 aromatic carbocycles. The number of halogens is 2. The Bertz CT molecular complexity index is 358. The molecule has 1 fully saturated rings. The molecular formula is C10H13BrClN3O. The van der Waals surface area contributed by atoms with Crippen molar-refractivity contribution >= 4 is 33.3 Å². The van der Waals surface area contributed by atoms with Crippen LogP contribution in [0.25, 0.3) is 0 Å². The summed E-state index contributed by atoms with van der Waals surface area (Å²) in [6.07, 6.45) is 5.03. The lowest BCUT2D eigenvalue weighted by atomic mass is 9.92. The van der Waals surface area contributed by atoms with Crippen LogP contribution in [0.2, 0.25) is 0 Å². The van der Waals surface area contributed by atoms with Crippen molar-refractivity contribution in [3.8, 4) is 0 Å². The molecule has 1 aromatic heterocycles. The first kappa shape index (κ1) is 12.1. The Morgan fingerprint density at radius 3 is 2.88 bits per heavy atom. The molecule has 88 valence electrons. The molecule has 0 bridgehead atoms. The predicted octanol–water partition coefficient (Wildman–Crippen LogP) is 2.44. The zero-order valence-corrected chi connectivity index (χ0v) is 11.1. The average molecular weight is 307 g/mol. The van der Waals surface area contributed by atoms with E-state index in [1.165, 1.54) is 6.33 Å². The second-order valence-electron chi connectivity index (χ2n) is 3.87. The van der Waals surface area contributed by atoms with Crippen LogP contribution in [-0.2, 0) is 4.74 Å². The van der Waals surface area contributed by atoms with Gasteiger partial charge in [-0.3, -0.25) is 0 Å². The molecule has 1 aliphatic heterocycles. The van der Waals surface area contributed by atoms with E-state index in [1.54, 1.807) is 6.20 Å². The highest BCUT2D eigenvalue weighted by atomic mass is 79.9. The lowest BCUT2D eigenvalue weighted by molar-refractivity contribution is 0.0666. The van der Waals surface area contributed by atoms with Gasteiger partial charge in [-0.2, -0.15) is 0 Å². The van der Waals surface area contributed by atoms with Crippen molar-refractivity contribution in [2.24, 2.45) is 0 Å². The van der Waals surface area contributed by atoms with Gasteiger partial charge in [-0.15, -0.1) is 11.6 Å². The van der Waals surface area contributed by atoms with Gasteiger partial charge in [-0.05, 0) is 28.8 Å².